The summed E-state index contributed by atoms with van der Waals surface area (Å²) >= 11 is 2.31. The number of rotatable bonds is 4. The van der Waals surface area contributed by atoms with E-state index in [1.165, 1.54) is 16.6 Å². The van der Waals surface area contributed by atoms with Gasteiger partial charge < -0.3 is 5.11 Å². The van der Waals surface area contributed by atoms with Crippen molar-refractivity contribution in [3.8, 4) is 5.75 Å². The van der Waals surface area contributed by atoms with Gasteiger partial charge in [-0.1, -0.05) is 13.8 Å². The minimum Gasteiger partial charge on any atom is -0.508 e. The molecule has 0 radical (unpaired) electrons. The summed E-state index contributed by atoms with van der Waals surface area (Å²) in [5.74, 6) is 0.815. The molecule has 2 aromatic heterocycles. The maximum Gasteiger partial charge on any atom is 0.119 e. The number of nitrogens with zero attached hydrogens (tertiary/aromatic N) is 2. The minimum atomic E-state index is 0.375. The molecule has 0 aliphatic rings. The molecule has 0 aliphatic carbocycles. The van der Waals surface area contributed by atoms with Crippen molar-refractivity contribution in [2.24, 2.45) is 0 Å². The molecule has 3 aromatic rings. The number of halogens is 1. The minimum absolute atomic E-state index is 0.375. The lowest BCUT2D eigenvalue weighted by atomic mass is 9.94. The van der Waals surface area contributed by atoms with Crippen LogP contribution in [-0.2, 0) is 6.42 Å². The second kappa shape index (κ2) is 7.19. The maximum absolute atomic E-state index is 10.0. The third-order valence-corrected chi connectivity index (χ3v) is 6.71. The van der Waals surface area contributed by atoms with E-state index < -0.39 is 0 Å². The van der Waals surface area contributed by atoms with E-state index >= 15 is 0 Å². The number of fused-ring (bicyclic) bond motifs is 1. The van der Waals surface area contributed by atoms with Gasteiger partial charge in [0.05, 0.1) is 11.0 Å². The van der Waals surface area contributed by atoms with Gasteiger partial charge in [0.2, 0.25) is 0 Å². The highest BCUT2D eigenvalue weighted by molar-refractivity contribution is 14.2. The lowest BCUT2D eigenvalue weighted by Gasteiger charge is -2.14. The lowest BCUT2D eigenvalue weighted by Crippen LogP contribution is -2.00. The summed E-state index contributed by atoms with van der Waals surface area (Å²) in [5, 5.41) is 10.0. The van der Waals surface area contributed by atoms with E-state index in [0.717, 1.165) is 34.3 Å². The zero-order chi connectivity index (χ0) is 18.3. The van der Waals surface area contributed by atoms with Crippen LogP contribution >= 0.6 is 30.3 Å². The summed E-state index contributed by atoms with van der Waals surface area (Å²) in [6.07, 6.45) is 2.99. The largest absolute Gasteiger partial charge is 0.508 e. The van der Waals surface area contributed by atoms with Crippen LogP contribution in [0.3, 0.4) is 0 Å². The average molecular weight is 466 g/mol. The summed E-state index contributed by atoms with van der Waals surface area (Å²) in [7, 11) is 1.67. The highest BCUT2D eigenvalue weighted by atomic mass is 127. The zero-order valence-electron chi connectivity index (χ0n) is 15.2. The quantitative estimate of drug-likeness (QED) is 0.464. The molecule has 0 saturated heterocycles. The van der Waals surface area contributed by atoms with Crippen molar-refractivity contribution < 1.29 is 5.11 Å². The predicted octanol–water partition coefficient (Wildman–Crippen LogP) is 6.23. The molecular weight excluding hydrogens is 443 g/mol. The molecule has 0 bridgehead atoms. The van der Waals surface area contributed by atoms with E-state index in [0.29, 0.717) is 11.7 Å². The predicted molar refractivity (Wildman–Crippen MR) is 116 cm³/mol. The van der Waals surface area contributed by atoms with Gasteiger partial charge in [0, 0.05) is 48.6 Å². The number of aromatic nitrogens is 2. The zero-order valence-corrected chi connectivity index (χ0v) is 18.2. The molecule has 1 N–H and O–H groups in total. The molecule has 0 spiro atoms. The lowest BCUT2D eigenvalue weighted by molar-refractivity contribution is 0.469. The molecule has 0 aliphatic heterocycles. The molecular formula is C20H23IN2OS. The Kier molecular flexibility index (Phi) is 5.34. The van der Waals surface area contributed by atoms with Gasteiger partial charge in [0.25, 0.3) is 0 Å². The van der Waals surface area contributed by atoms with E-state index in [2.05, 4.69) is 71.2 Å². The smallest absolute Gasteiger partial charge is 0.119 e. The first-order valence-corrected chi connectivity index (χ1v) is 11.7. The molecule has 2 heterocycles. The van der Waals surface area contributed by atoms with Crippen LogP contribution < -0.4 is 0 Å². The maximum atomic E-state index is 10.0. The van der Waals surface area contributed by atoms with Crippen molar-refractivity contribution in [2.75, 3.05) is 0 Å². The topological polar surface area (TPSA) is 38.1 Å². The fourth-order valence-corrected chi connectivity index (χ4v) is 4.64. The van der Waals surface area contributed by atoms with Gasteiger partial charge >= 0.3 is 0 Å². The van der Waals surface area contributed by atoms with Gasteiger partial charge in [-0.05, 0) is 72.7 Å². The van der Waals surface area contributed by atoms with Crippen LogP contribution in [0.4, 0.5) is 0 Å². The number of phenols is 1. The first-order chi connectivity index (χ1) is 11.8. The van der Waals surface area contributed by atoms with Crippen LogP contribution in [0.1, 0.15) is 53.3 Å². The summed E-state index contributed by atoms with van der Waals surface area (Å²) < 4.78 is 2.18. The fraction of sp³-hybridized carbons (Fsp3) is 0.350. The Bertz CT molecular complexity index is 947. The average Bonchev–Trinajstić information content (AvgIpc) is 2.95. The Morgan fingerprint density at radius 3 is 2.56 bits per heavy atom. The van der Waals surface area contributed by atoms with Crippen LogP contribution in [0.15, 0.2) is 24.4 Å². The standard InChI is InChI=1S/C20H23IN2OS/c1-11(2)17-10-23(25-21)18-7-6-15(22-20(17)18)9-16-12(3)8-19(24)14(5)13(16)4/h6-8,10-11,24H,9H2,1-5H3. The highest BCUT2D eigenvalue weighted by Crippen LogP contribution is 2.32. The van der Waals surface area contributed by atoms with Crippen molar-refractivity contribution in [1.82, 2.24) is 8.96 Å². The van der Waals surface area contributed by atoms with Crippen LogP contribution in [0.2, 0.25) is 0 Å². The SMILES string of the molecule is Cc1cc(O)c(C)c(C)c1Cc1ccc2c(n1)c(C(C)C)cn2SI. The molecule has 3 rings (SSSR count). The number of pyridine rings is 1. The van der Waals surface area contributed by atoms with Gasteiger partial charge in [-0.2, -0.15) is 0 Å². The molecule has 0 unspecified atom stereocenters. The van der Waals surface area contributed by atoms with Crippen LogP contribution in [0, 0.1) is 20.8 Å². The molecule has 0 saturated carbocycles. The van der Waals surface area contributed by atoms with Gasteiger partial charge in [-0.15, -0.1) is 0 Å². The summed E-state index contributed by atoms with van der Waals surface area (Å²) in [6, 6.07) is 6.16. The van der Waals surface area contributed by atoms with E-state index in [1.54, 1.807) is 9.12 Å². The Hall–Kier alpha value is -1.21. The molecule has 3 nitrogen and oxygen atoms in total. The van der Waals surface area contributed by atoms with Crippen molar-refractivity contribution in [3.05, 3.63) is 57.9 Å². The Morgan fingerprint density at radius 2 is 1.92 bits per heavy atom. The van der Waals surface area contributed by atoms with Gasteiger partial charge in [0.15, 0.2) is 0 Å². The van der Waals surface area contributed by atoms with E-state index in [-0.39, 0.29) is 0 Å². The van der Waals surface area contributed by atoms with Crippen molar-refractivity contribution in [1.29, 1.82) is 0 Å². The number of benzene rings is 1. The monoisotopic (exact) mass is 466 g/mol. The summed E-state index contributed by atoms with van der Waals surface area (Å²) in [6.45, 7) is 10.5. The molecule has 0 atom stereocenters. The summed E-state index contributed by atoms with van der Waals surface area (Å²) in [4.78, 5) is 4.99. The first kappa shape index (κ1) is 18.6. The summed E-state index contributed by atoms with van der Waals surface area (Å²) in [5.41, 5.74) is 9.12. The molecule has 5 heteroatoms. The fourth-order valence-electron chi connectivity index (χ4n) is 3.29. The number of aryl methyl sites for hydroxylation is 1. The Balaban J connectivity index is 2.09. The molecule has 0 amide bonds. The van der Waals surface area contributed by atoms with Crippen LogP contribution in [0.5, 0.6) is 5.75 Å². The third kappa shape index (κ3) is 3.40. The second-order valence-electron chi connectivity index (χ2n) is 6.92. The van der Waals surface area contributed by atoms with Crippen molar-refractivity contribution >= 4 is 41.4 Å². The number of aromatic hydroxyl groups is 1. The van der Waals surface area contributed by atoms with Gasteiger partial charge in [0.1, 0.15) is 5.75 Å². The number of hydrogen-bond acceptors (Lipinski definition) is 3. The molecule has 132 valence electrons. The van der Waals surface area contributed by atoms with Gasteiger partial charge in [-0.3, -0.25) is 8.96 Å². The van der Waals surface area contributed by atoms with Crippen molar-refractivity contribution in [2.45, 2.75) is 47.0 Å². The van der Waals surface area contributed by atoms with Crippen LogP contribution in [0.25, 0.3) is 11.0 Å². The first-order valence-electron chi connectivity index (χ1n) is 8.42. The van der Waals surface area contributed by atoms with E-state index in [1.807, 2.05) is 13.0 Å². The number of phenolic OH excluding ortho intramolecular Hbond substituents is 1. The Labute approximate surface area is 165 Å². The van der Waals surface area contributed by atoms with E-state index in [9.17, 15) is 5.11 Å². The van der Waals surface area contributed by atoms with Crippen molar-refractivity contribution in [3.63, 3.8) is 0 Å². The molecule has 0 fully saturated rings. The highest BCUT2D eigenvalue weighted by Gasteiger charge is 2.15. The Morgan fingerprint density at radius 1 is 1.20 bits per heavy atom. The second-order valence-corrected chi connectivity index (χ2v) is 8.64. The van der Waals surface area contributed by atoms with E-state index in [4.69, 9.17) is 4.98 Å². The third-order valence-electron chi connectivity index (χ3n) is 4.98. The molecule has 1 aromatic carbocycles. The number of hydrogen-bond donors (Lipinski definition) is 1. The van der Waals surface area contributed by atoms with Gasteiger partial charge in [-0.25, -0.2) is 0 Å². The van der Waals surface area contributed by atoms with Crippen LogP contribution in [-0.4, -0.2) is 14.1 Å². The molecule has 25 heavy (non-hydrogen) atoms. The normalized spacial score (nSPS) is 11.6.